The van der Waals surface area contributed by atoms with Crippen molar-refractivity contribution in [1.29, 1.82) is 0 Å². The van der Waals surface area contributed by atoms with Gasteiger partial charge in [0.1, 0.15) is 5.52 Å². The van der Waals surface area contributed by atoms with Crippen LogP contribution in [0.25, 0.3) is 11.0 Å². The van der Waals surface area contributed by atoms with E-state index in [4.69, 9.17) is 5.73 Å². The summed E-state index contributed by atoms with van der Waals surface area (Å²) in [4.78, 5) is 19.8. The number of amides is 1. The first-order chi connectivity index (χ1) is 8.22. The molecule has 1 aromatic heterocycles. The van der Waals surface area contributed by atoms with Crippen molar-refractivity contribution in [3.05, 3.63) is 24.5 Å². The lowest BCUT2D eigenvalue weighted by Crippen LogP contribution is -2.12. The molecule has 1 aromatic carbocycles. The minimum atomic E-state index is -0.0394. The van der Waals surface area contributed by atoms with Crippen LogP contribution in [-0.4, -0.2) is 15.9 Å². The lowest BCUT2D eigenvalue weighted by molar-refractivity contribution is -0.116. The Hall–Kier alpha value is -2.17. The van der Waals surface area contributed by atoms with Crippen molar-refractivity contribution in [1.82, 2.24) is 9.97 Å². The number of anilines is 2. The van der Waals surface area contributed by atoms with Gasteiger partial charge in [-0.3, -0.25) is 14.8 Å². The molecule has 5 nitrogen and oxygen atoms in total. The van der Waals surface area contributed by atoms with Gasteiger partial charge >= 0.3 is 0 Å². The van der Waals surface area contributed by atoms with Crippen LogP contribution >= 0.6 is 0 Å². The monoisotopic (exact) mass is 230 g/mol. The van der Waals surface area contributed by atoms with Gasteiger partial charge in [0.25, 0.3) is 0 Å². The summed E-state index contributed by atoms with van der Waals surface area (Å²) in [5, 5.41) is 2.77. The van der Waals surface area contributed by atoms with Crippen LogP contribution in [0.2, 0.25) is 0 Å². The topological polar surface area (TPSA) is 80.9 Å². The van der Waals surface area contributed by atoms with Gasteiger partial charge in [-0.2, -0.15) is 0 Å². The molecule has 17 heavy (non-hydrogen) atoms. The van der Waals surface area contributed by atoms with Gasteiger partial charge in [0.2, 0.25) is 5.91 Å². The number of nitrogens with zero attached hydrogens (tertiary/aromatic N) is 2. The summed E-state index contributed by atoms with van der Waals surface area (Å²) >= 11 is 0. The predicted molar refractivity (Wildman–Crippen MR) is 67.5 cm³/mol. The third-order valence-electron chi connectivity index (χ3n) is 2.43. The van der Waals surface area contributed by atoms with Crippen LogP contribution in [0.5, 0.6) is 0 Å². The largest absolute Gasteiger partial charge is 0.395 e. The molecule has 0 aliphatic heterocycles. The molecule has 2 aromatic rings. The molecule has 0 aliphatic carbocycles. The molecule has 5 heteroatoms. The normalized spacial score (nSPS) is 10.4. The minimum absolute atomic E-state index is 0.0394. The van der Waals surface area contributed by atoms with E-state index in [1.54, 1.807) is 24.5 Å². The number of carbonyl (C=O) groups is 1. The number of carbonyl (C=O) groups excluding carboxylic acids is 1. The Morgan fingerprint density at radius 3 is 2.88 bits per heavy atom. The number of hydrogen-bond donors (Lipinski definition) is 2. The third kappa shape index (κ3) is 2.33. The second-order valence-corrected chi connectivity index (χ2v) is 3.75. The van der Waals surface area contributed by atoms with Gasteiger partial charge in [-0.05, 0) is 18.6 Å². The first kappa shape index (κ1) is 11.3. The van der Waals surface area contributed by atoms with E-state index in [1.165, 1.54) is 0 Å². The zero-order chi connectivity index (χ0) is 12.3. The van der Waals surface area contributed by atoms with Gasteiger partial charge in [0.15, 0.2) is 0 Å². The van der Waals surface area contributed by atoms with Crippen molar-refractivity contribution < 1.29 is 4.79 Å². The Labute approximate surface area is 99.1 Å². The fourth-order valence-electron chi connectivity index (χ4n) is 1.61. The molecule has 3 N–H and O–H groups in total. The molecule has 0 saturated heterocycles. The molecule has 0 unspecified atom stereocenters. The Bertz CT molecular complexity index is 553. The third-order valence-corrected chi connectivity index (χ3v) is 2.43. The molecular formula is C12H14N4O. The highest BCUT2D eigenvalue weighted by atomic mass is 16.1. The van der Waals surface area contributed by atoms with Crippen LogP contribution in [-0.2, 0) is 4.79 Å². The summed E-state index contributed by atoms with van der Waals surface area (Å²) in [5.41, 5.74) is 8.33. The maximum Gasteiger partial charge on any atom is 0.224 e. The summed E-state index contributed by atoms with van der Waals surface area (Å²) in [7, 11) is 0. The SMILES string of the molecule is CCCC(=O)Nc1ccc2nccnc2c1N. The lowest BCUT2D eigenvalue weighted by atomic mass is 10.2. The van der Waals surface area contributed by atoms with E-state index in [9.17, 15) is 4.79 Å². The number of hydrogen-bond acceptors (Lipinski definition) is 4. The number of nitrogen functional groups attached to an aromatic ring is 1. The van der Waals surface area contributed by atoms with Crippen molar-refractivity contribution in [2.45, 2.75) is 19.8 Å². The maximum absolute atomic E-state index is 11.5. The van der Waals surface area contributed by atoms with Crippen molar-refractivity contribution >= 4 is 28.3 Å². The quantitative estimate of drug-likeness (QED) is 0.790. The molecular weight excluding hydrogens is 216 g/mol. The van der Waals surface area contributed by atoms with E-state index in [2.05, 4.69) is 15.3 Å². The minimum Gasteiger partial charge on any atom is -0.395 e. The molecule has 1 amide bonds. The van der Waals surface area contributed by atoms with Crippen LogP contribution in [0.1, 0.15) is 19.8 Å². The highest BCUT2D eigenvalue weighted by Crippen LogP contribution is 2.25. The Kier molecular flexibility index (Phi) is 3.18. The van der Waals surface area contributed by atoms with Crippen LogP contribution in [0, 0.1) is 0 Å². The second-order valence-electron chi connectivity index (χ2n) is 3.75. The summed E-state index contributed by atoms with van der Waals surface area (Å²) in [6.07, 6.45) is 4.48. The van der Waals surface area contributed by atoms with Crippen LogP contribution in [0.3, 0.4) is 0 Å². The summed E-state index contributed by atoms with van der Waals surface area (Å²) < 4.78 is 0. The molecule has 0 aliphatic rings. The van der Waals surface area contributed by atoms with Crippen molar-refractivity contribution in [3.8, 4) is 0 Å². The molecule has 0 spiro atoms. The average molecular weight is 230 g/mol. The van der Waals surface area contributed by atoms with E-state index in [-0.39, 0.29) is 5.91 Å². The number of aromatic nitrogens is 2. The number of rotatable bonds is 3. The van der Waals surface area contributed by atoms with Gasteiger partial charge < -0.3 is 11.1 Å². The van der Waals surface area contributed by atoms with Gasteiger partial charge in [-0.1, -0.05) is 6.92 Å². The average Bonchev–Trinajstić information content (AvgIpc) is 2.33. The first-order valence-electron chi connectivity index (χ1n) is 5.51. The second kappa shape index (κ2) is 4.78. The van der Waals surface area contributed by atoms with Crippen molar-refractivity contribution in [2.75, 3.05) is 11.1 Å². The molecule has 0 saturated carbocycles. The van der Waals surface area contributed by atoms with Gasteiger partial charge in [-0.15, -0.1) is 0 Å². The molecule has 0 atom stereocenters. The Morgan fingerprint density at radius 2 is 2.12 bits per heavy atom. The zero-order valence-corrected chi connectivity index (χ0v) is 9.60. The molecule has 88 valence electrons. The predicted octanol–water partition coefficient (Wildman–Crippen LogP) is 1.95. The summed E-state index contributed by atoms with van der Waals surface area (Å²) in [6.45, 7) is 1.95. The van der Waals surface area contributed by atoms with Gasteiger partial charge in [0.05, 0.1) is 16.9 Å². The van der Waals surface area contributed by atoms with Gasteiger partial charge in [0, 0.05) is 18.8 Å². The van der Waals surface area contributed by atoms with Crippen molar-refractivity contribution in [2.24, 2.45) is 0 Å². The lowest BCUT2D eigenvalue weighted by Gasteiger charge is -2.09. The van der Waals surface area contributed by atoms with E-state index >= 15 is 0 Å². The first-order valence-corrected chi connectivity index (χ1v) is 5.51. The van der Waals surface area contributed by atoms with Crippen LogP contribution in [0.4, 0.5) is 11.4 Å². The maximum atomic E-state index is 11.5. The fourth-order valence-corrected chi connectivity index (χ4v) is 1.61. The zero-order valence-electron chi connectivity index (χ0n) is 9.60. The van der Waals surface area contributed by atoms with Crippen molar-refractivity contribution in [3.63, 3.8) is 0 Å². The van der Waals surface area contributed by atoms with E-state index < -0.39 is 0 Å². The van der Waals surface area contributed by atoms with E-state index in [1.807, 2.05) is 6.92 Å². The Balaban J connectivity index is 2.36. The standard InChI is InChI=1S/C12H14N4O/c1-2-3-10(17)16-8-4-5-9-12(11(8)13)15-7-6-14-9/h4-7H,2-3,13H2,1H3,(H,16,17). The highest BCUT2D eigenvalue weighted by molar-refractivity contribution is 6.00. The summed E-state index contributed by atoms with van der Waals surface area (Å²) in [5.74, 6) is -0.0394. The van der Waals surface area contributed by atoms with E-state index in [0.29, 0.717) is 23.3 Å². The molecule has 0 bridgehead atoms. The number of nitrogens with one attached hydrogen (secondary N) is 1. The van der Waals surface area contributed by atoms with E-state index in [0.717, 1.165) is 11.9 Å². The fraction of sp³-hybridized carbons (Fsp3) is 0.250. The van der Waals surface area contributed by atoms with Crippen LogP contribution in [0.15, 0.2) is 24.5 Å². The number of nitrogens with two attached hydrogens (primary N) is 1. The number of benzene rings is 1. The smallest absolute Gasteiger partial charge is 0.224 e. The Morgan fingerprint density at radius 1 is 1.35 bits per heavy atom. The molecule has 0 fully saturated rings. The molecule has 0 radical (unpaired) electrons. The highest BCUT2D eigenvalue weighted by Gasteiger charge is 2.08. The molecule has 2 rings (SSSR count). The van der Waals surface area contributed by atoms with Crippen LogP contribution < -0.4 is 11.1 Å². The summed E-state index contributed by atoms with van der Waals surface area (Å²) in [6, 6.07) is 3.54. The molecule has 1 heterocycles. The van der Waals surface area contributed by atoms with Gasteiger partial charge in [-0.25, -0.2) is 0 Å². The number of fused-ring (bicyclic) bond motifs is 1.